The molecule has 130 valence electrons. The van der Waals surface area contributed by atoms with E-state index in [1.807, 2.05) is 14.0 Å². The van der Waals surface area contributed by atoms with E-state index in [9.17, 15) is 0 Å². The lowest BCUT2D eigenvalue weighted by atomic mass is 9.88. The number of nitrogens with zero attached hydrogens (tertiary/aromatic N) is 2. The number of hydrogen-bond donors (Lipinski definition) is 2. The number of benzene rings is 1. The van der Waals surface area contributed by atoms with Gasteiger partial charge in [0.25, 0.3) is 0 Å². The maximum absolute atomic E-state index is 4.47. The first kappa shape index (κ1) is 19.2. The fourth-order valence-corrected chi connectivity index (χ4v) is 3.99. The Morgan fingerprint density at radius 3 is 2.71 bits per heavy atom. The third kappa shape index (κ3) is 4.69. The largest absolute Gasteiger partial charge is 0.353 e. The summed E-state index contributed by atoms with van der Waals surface area (Å²) in [5.74, 6) is 0.875. The Morgan fingerprint density at radius 1 is 1.29 bits per heavy atom. The number of aromatic nitrogens is 1. The maximum Gasteiger partial charge on any atom is 0.191 e. The fourth-order valence-electron chi connectivity index (χ4n) is 3.11. The number of aryl methyl sites for hydroxylation is 3. The minimum atomic E-state index is 0. The molecular formula is C18H25IN4S. The molecule has 2 N–H and O–H groups in total. The van der Waals surface area contributed by atoms with E-state index in [0.29, 0.717) is 6.04 Å². The number of rotatable bonds is 3. The fraction of sp³-hybridized carbons (Fsp3) is 0.444. The molecule has 0 radical (unpaired) electrons. The lowest BCUT2D eigenvalue weighted by molar-refractivity contribution is 0.520. The quantitative estimate of drug-likeness (QED) is 0.422. The van der Waals surface area contributed by atoms with Gasteiger partial charge in [0, 0.05) is 18.0 Å². The predicted octanol–water partition coefficient (Wildman–Crippen LogP) is 3.60. The van der Waals surface area contributed by atoms with Crippen molar-refractivity contribution in [2.24, 2.45) is 4.99 Å². The van der Waals surface area contributed by atoms with Crippen LogP contribution >= 0.6 is 35.3 Å². The van der Waals surface area contributed by atoms with Gasteiger partial charge in [0.2, 0.25) is 0 Å². The van der Waals surface area contributed by atoms with Gasteiger partial charge in [-0.05, 0) is 44.2 Å². The van der Waals surface area contributed by atoms with Gasteiger partial charge in [0.05, 0.1) is 17.2 Å². The summed E-state index contributed by atoms with van der Waals surface area (Å²) in [4.78, 5) is 10.1. The van der Waals surface area contributed by atoms with E-state index in [1.165, 1.54) is 16.0 Å². The SMILES string of the molecule is CN=C(NCc1sc(C)nc1C)NC1CCc2ccccc2C1.I. The monoisotopic (exact) mass is 456 g/mol. The highest BCUT2D eigenvalue weighted by atomic mass is 127. The molecule has 1 aliphatic rings. The second-order valence-corrected chi connectivity index (χ2v) is 7.31. The number of nitrogens with one attached hydrogen (secondary N) is 2. The molecule has 1 aliphatic carbocycles. The average Bonchev–Trinajstić information content (AvgIpc) is 2.89. The Kier molecular flexibility index (Phi) is 7.03. The van der Waals surface area contributed by atoms with Crippen molar-refractivity contribution in [3.05, 3.63) is 51.0 Å². The molecule has 1 aromatic carbocycles. The van der Waals surface area contributed by atoms with Gasteiger partial charge >= 0.3 is 0 Å². The summed E-state index contributed by atoms with van der Waals surface area (Å²) in [6.07, 6.45) is 3.35. The number of aliphatic imine (C=N–C) groups is 1. The molecule has 1 heterocycles. The van der Waals surface area contributed by atoms with Crippen LogP contribution in [0.2, 0.25) is 0 Å². The summed E-state index contributed by atoms with van der Waals surface area (Å²) < 4.78 is 0. The summed E-state index contributed by atoms with van der Waals surface area (Å²) in [5, 5.41) is 8.10. The topological polar surface area (TPSA) is 49.3 Å². The molecule has 0 amide bonds. The highest BCUT2D eigenvalue weighted by Gasteiger charge is 2.19. The Bertz CT molecular complexity index is 711. The molecule has 0 aliphatic heterocycles. The normalized spacial score (nSPS) is 17.0. The summed E-state index contributed by atoms with van der Waals surface area (Å²) in [5.41, 5.74) is 4.06. The van der Waals surface area contributed by atoms with Gasteiger partial charge in [-0.3, -0.25) is 4.99 Å². The van der Waals surface area contributed by atoms with Crippen molar-refractivity contribution >= 4 is 41.3 Å². The molecule has 6 heteroatoms. The standard InChI is InChI=1S/C18H24N4S.HI/c1-12-17(23-13(2)21-12)11-20-18(19-3)22-16-9-8-14-6-4-5-7-15(14)10-16;/h4-7,16H,8-11H2,1-3H3,(H2,19,20,22);1H. The zero-order valence-electron chi connectivity index (χ0n) is 14.4. The second-order valence-electron chi connectivity index (χ2n) is 6.02. The first-order valence-corrected chi connectivity index (χ1v) is 8.94. The molecule has 4 nitrogen and oxygen atoms in total. The minimum Gasteiger partial charge on any atom is -0.353 e. The van der Waals surface area contributed by atoms with Crippen LogP contribution in [-0.4, -0.2) is 24.0 Å². The predicted molar refractivity (Wildman–Crippen MR) is 113 cm³/mol. The van der Waals surface area contributed by atoms with Crippen LogP contribution in [0.15, 0.2) is 29.3 Å². The number of thiazole rings is 1. The smallest absolute Gasteiger partial charge is 0.191 e. The van der Waals surface area contributed by atoms with Gasteiger partial charge < -0.3 is 10.6 Å². The van der Waals surface area contributed by atoms with E-state index >= 15 is 0 Å². The second kappa shape index (κ2) is 8.80. The molecule has 1 unspecified atom stereocenters. The van der Waals surface area contributed by atoms with Crippen LogP contribution in [-0.2, 0) is 19.4 Å². The van der Waals surface area contributed by atoms with Gasteiger partial charge in [-0.2, -0.15) is 0 Å². The molecule has 1 atom stereocenters. The third-order valence-electron chi connectivity index (χ3n) is 4.33. The Morgan fingerprint density at radius 2 is 2.04 bits per heavy atom. The third-order valence-corrected chi connectivity index (χ3v) is 5.40. The number of fused-ring (bicyclic) bond motifs is 1. The van der Waals surface area contributed by atoms with Gasteiger partial charge in [-0.1, -0.05) is 24.3 Å². The number of halogens is 1. The van der Waals surface area contributed by atoms with Crippen LogP contribution < -0.4 is 10.6 Å². The van der Waals surface area contributed by atoms with Crippen molar-refractivity contribution in [2.75, 3.05) is 7.05 Å². The van der Waals surface area contributed by atoms with Gasteiger partial charge in [0.1, 0.15) is 0 Å². The Hall–Kier alpha value is -1.15. The molecule has 3 rings (SSSR count). The molecule has 0 spiro atoms. The Labute approximate surface area is 165 Å². The summed E-state index contributed by atoms with van der Waals surface area (Å²) in [7, 11) is 1.83. The molecule has 2 aromatic rings. The molecular weight excluding hydrogens is 431 g/mol. The highest BCUT2D eigenvalue weighted by molar-refractivity contribution is 14.0. The van der Waals surface area contributed by atoms with Gasteiger partial charge in [0.15, 0.2) is 5.96 Å². The number of hydrogen-bond acceptors (Lipinski definition) is 3. The van der Waals surface area contributed by atoms with E-state index in [0.717, 1.165) is 42.5 Å². The lowest BCUT2D eigenvalue weighted by Gasteiger charge is -2.27. The summed E-state index contributed by atoms with van der Waals surface area (Å²) in [6, 6.07) is 9.19. The van der Waals surface area contributed by atoms with Crippen molar-refractivity contribution in [2.45, 2.75) is 45.7 Å². The molecule has 0 fully saturated rings. The summed E-state index contributed by atoms with van der Waals surface area (Å²) in [6.45, 7) is 4.89. The Balaban J connectivity index is 0.00000208. The van der Waals surface area contributed by atoms with Crippen LogP contribution in [0, 0.1) is 13.8 Å². The van der Waals surface area contributed by atoms with E-state index in [4.69, 9.17) is 0 Å². The average molecular weight is 456 g/mol. The first-order chi connectivity index (χ1) is 11.2. The van der Waals surface area contributed by atoms with Crippen molar-refractivity contribution < 1.29 is 0 Å². The molecule has 0 bridgehead atoms. The van der Waals surface area contributed by atoms with Crippen molar-refractivity contribution in [1.29, 1.82) is 0 Å². The van der Waals surface area contributed by atoms with Crippen LogP contribution in [0.25, 0.3) is 0 Å². The molecule has 0 saturated heterocycles. The first-order valence-electron chi connectivity index (χ1n) is 8.12. The minimum absolute atomic E-state index is 0. The maximum atomic E-state index is 4.47. The van der Waals surface area contributed by atoms with Crippen molar-refractivity contribution in [1.82, 2.24) is 15.6 Å². The number of guanidine groups is 1. The summed E-state index contributed by atoms with van der Waals surface area (Å²) >= 11 is 1.75. The molecule has 0 saturated carbocycles. The van der Waals surface area contributed by atoms with E-state index in [1.54, 1.807) is 11.3 Å². The van der Waals surface area contributed by atoms with E-state index in [2.05, 4.69) is 51.8 Å². The van der Waals surface area contributed by atoms with E-state index < -0.39 is 0 Å². The van der Waals surface area contributed by atoms with Gasteiger partial charge in [-0.25, -0.2) is 4.98 Å². The molecule has 24 heavy (non-hydrogen) atoms. The zero-order chi connectivity index (χ0) is 16.2. The zero-order valence-corrected chi connectivity index (χ0v) is 17.6. The highest BCUT2D eigenvalue weighted by Crippen LogP contribution is 2.21. The van der Waals surface area contributed by atoms with Crippen LogP contribution in [0.4, 0.5) is 0 Å². The van der Waals surface area contributed by atoms with Gasteiger partial charge in [-0.15, -0.1) is 35.3 Å². The van der Waals surface area contributed by atoms with Crippen LogP contribution in [0.5, 0.6) is 0 Å². The van der Waals surface area contributed by atoms with Crippen LogP contribution in [0.3, 0.4) is 0 Å². The lowest BCUT2D eigenvalue weighted by Crippen LogP contribution is -2.45. The molecule has 1 aromatic heterocycles. The van der Waals surface area contributed by atoms with E-state index in [-0.39, 0.29) is 24.0 Å². The van der Waals surface area contributed by atoms with Crippen LogP contribution in [0.1, 0.15) is 33.1 Å². The van der Waals surface area contributed by atoms with Crippen molar-refractivity contribution in [3.63, 3.8) is 0 Å². The van der Waals surface area contributed by atoms with Crippen molar-refractivity contribution in [3.8, 4) is 0 Å².